The van der Waals surface area contributed by atoms with Crippen LogP contribution in [0.3, 0.4) is 0 Å². The zero-order valence-electron chi connectivity index (χ0n) is 9.79. The number of nitriles is 1. The quantitative estimate of drug-likeness (QED) is 0.483. The summed E-state index contributed by atoms with van der Waals surface area (Å²) in [5.74, 6) is 5.78. The number of carbonyl (C=O) groups excluding carboxylic acids is 1. The van der Waals surface area contributed by atoms with E-state index in [0.717, 1.165) is 13.0 Å². The van der Waals surface area contributed by atoms with Crippen molar-refractivity contribution in [2.75, 3.05) is 13.6 Å². The molecule has 0 saturated carbocycles. The van der Waals surface area contributed by atoms with Gasteiger partial charge in [-0.2, -0.15) is 5.26 Å². The first-order valence-corrected chi connectivity index (χ1v) is 5.42. The SMILES string of the molecule is CNCCC#Cc1ccccc1C(=O)CC#N. The third kappa shape index (κ3) is 4.10. The second kappa shape index (κ2) is 7.22. The van der Waals surface area contributed by atoms with E-state index >= 15 is 0 Å². The highest BCUT2D eigenvalue weighted by molar-refractivity contribution is 5.99. The van der Waals surface area contributed by atoms with Crippen LogP contribution in [0.2, 0.25) is 0 Å². The number of hydrogen-bond acceptors (Lipinski definition) is 3. The molecule has 0 aromatic heterocycles. The summed E-state index contributed by atoms with van der Waals surface area (Å²) in [6.45, 7) is 0.821. The molecule has 0 bridgehead atoms. The molecule has 0 spiro atoms. The van der Waals surface area contributed by atoms with Crippen LogP contribution in [0.5, 0.6) is 0 Å². The van der Waals surface area contributed by atoms with E-state index in [-0.39, 0.29) is 12.2 Å². The van der Waals surface area contributed by atoms with E-state index in [1.165, 1.54) is 0 Å². The molecule has 0 aliphatic carbocycles. The van der Waals surface area contributed by atoms with Crippen molar-refractivity contribution in [3.05, 3.63) is 35.4 Å². The van der Waals surface area contributed by atoms with Crippen molar-refractivity contribution >= 4 is 5.78 Å². The molecule has 3 nitrogen and oxygen atoms in total. The average Bonchev–Trinajstić information content (AvgIpc) is 2.35. The summed E-state index contributed by atoms with van der Waals surface area (Å²) in [6.07, 6.45) is 0.631. The van der Waals surface area contributed by atoms with Crippen LogP contribution in [-0.4, -0.2) is 19.4 Å². The molecule has 0 radical (unpaired) electrons. The zero-order chi connectivity index (χ0) is 12.5. The van der Waals surface area contributed by atoms with Crippen molar-refractivity contribution in [2.24, 2.45) is 0 Å². The van der Waals surface area contributed by atoms with E-state index in [4.69, 9.17) is 5.26 Å². The van der Waals surface area contributed by atoms with Crippen LogP contribution >= 0.6 is 0 Å². The van der Waals surface area contributed by atoms with Gasteiger partial charge >= 0.3 is 0 Å². The molecule has 1 N–H and O–H groups in total. The van der Waals surface area contributed by atoms with Crippen LogP contribution in [0.25, 0.3) is 0 Å². The van der Waals surface area contributed by atoms with Crippen LogP contribution in [0, 0.1) is 23.2 Å². The summed E-state index contributed by atoms with van der Waals surface area (Å²) in [5.41, 5.74) is 1.23. The number of benzene rings is 1. The lowest BCUT2D eigenvalue weighted by molar-refractivity contribution is 0.0997. The number of nitrogens with one attached hydrogen (secondary N) is 1. The van der Waals surface area contributed by atoms with Gasteiger partial charge in [0.25, 0.3) is 0 Å². The van der Waals surface area contributed by atoms with E-state index in [1.807, 2.05) is 19.2 Å². The second-order valence-electron chi connectivity index (χ2n) is 3.46. The monoisotopic (exact) mass is 226 g/mol. The van der Waals surface area contributed by atoms with E-state index in [2.05, 4.69) is 17.2 Å². The minimum atomic E-state index is -0.175. The van der Waals surface area contributed by atoms with Gasteiger partial charge in [0.2, 0.25) is 0 Å². The Balaban J connectivity index is 2.87. The first-order chi connectivity index (χ1) is 8.29. The molecule has 0 aliphatic rings. The van der Waals surface area contributed by atoms with Gasteiger partial charge in [0.15, 0.2) is 5.78 Å². The number of rotatable bonds is 4. The molecule has 0 aliphatic heterocycles. The molecular formula is C14H14N2O. The number of carbonyl (C=O) groups is 1. The summed E-state index contributed by atoms with van der Waals surface area (Å²) in [6, 6.07) is 8.99. The van der Waals surface area contributed by atoms with Crippen LogP contribution in [0.15, 0.2) is 24.3 Å². The van der Waals surface area contributed by atoms with E-state index in [0.29, 0.717) is 11.1 Å². The molecule has 0 atom stereocenters. The standard InChI is InChI=1S/C14H14N2O/c1-16-11-5-4-7-12-6-2-3-8-13(12)14(17)9-10-15/h2-3,6,8,16H,5,9,11H2,1H3. The fourth-order valence-electron chi connectivity index (χ4n) is 1.35. The van der Waals surface area contributed by atoms with Crippen LogP contribution in [-0.2, 0) is 0 Å². The Bertz CT molecular complexity index is 489. The fourth-order valence-corrected chi connectivity index (χ4v) is 1.35. The molecule has 17 heavy (non-hydrogen) atoms. The van der Waals surface area contributed by atoms with Gasteiger partial charge in [-0.3, -0.25) is 4.79 Å². The van der Waals surface area contributed by atoms with Crippen molar-refractivity contribution in [1.82, 2.24) is 5.32 Å². The van der Waals surface area contributed by atoms with Gasteiger partial charge in [0.05, 0.1) is 12.5 Å². The highest BCUT2D eigenvalue weighted by atomic mass is 16.1. The van der Waals surface area contributed by atoms with Gasteiger partial charge < -0.3 is 5.32 Å². The number of ketones is 1. The maximum atomic E-state index is 11.7. The van der Waals surface area contributed by atoms with Crippen molar-refractivity contribution in [1.29, 1.82) is 5.26 Å². The van der Waals surface area contributed by atoms with Gasteiger partial charge in [-0.15, -0.1) is 0 Å². The van der Waals surface area contributed by atoms with E-state index in [9.17, 15) is 4.79 Å². The Hall–Kier alpha value is -2.10. The molecule has 0 fully saturated rings. The summed E-state index contributed by atoms with van der Waals surface area (Å²) in [5, 5.41) is 11.5. The van der Waals surface area contributed by atoms with Gasteiger partial charge in [-0.1, -0.05) is 30.0 Å². The molecule has 1 aromatic carbocycles. The molecule has 0 unspecified atom stereocenters. The molecular weight excluding hydrogens is 212 g/mol. The maximum Gasteiger partial charge on any atom is 0.178 e. The minimum absolute atomic E-state index is 0.102. The average molecular weight is 226 g/mol. The minimum Gasteiger partial charge on any atom is -0.319 e. The van der Waals surface area contributed by atoms with Crippen molar-refractivity contribution in [3.8, 4) is 17.9 Å². The summed E-state index contributed by atoms with van der Waals surface area (Å²) < 4.78 is 0. The van der Waals surface area contributed by atoms with Crippen molar-refractivity contribution in [3.63, 3.8) is 0 Å². The normalized spacial score (nSPS) is 8.94. The summed E-state index contributed by atoms with van der Waals surface area (Å²) >= 11 is 0. The molecule has 3 heteroatoms. The lowest BCUT2D eigenvalue weighted by atomic mass is 10.0. The molecule has 1 aromatic rings. The second-order valence-corrected chi connectivity index (χ2v) is 3.46. The van der Waals surface area contributed by atoms with Crippen LogP contribution in [0.4, 0.5) is 0 Å². The Kier molecular flexibility index (Phi) is 5.51. The van der Waals surface area contributed by atoms with Crippen molar-refractivity contribution < 1.29 is 4.79 Å². The summed E-state index contributed by atoms with van der Waals surface area (Å²) in [7, 11) is 1.87. The molecule has 0 saturated heterocycles. The van der Waals surface area contributed by atoms with Gasteiger partial charge in [0.1, 0.15) is 0 Å². The van der Waals surface area contributed by atoms with Crippen molar-refractivity contribution in [2.45, 2.75) is 12.8 Å². The number of nitrogens with zero attached hydrogens (tertiary/aromatic N) is 1. The highest BCUT2D eigenvalue weighted by Gasteiger charge is 2.08. The smallest absolute Gasteiger partial charge is 0.178 e. The third-order valence-electron chi connectivity index (χ3n) is 2.19. The first-order valence-electron chi connectivity index (χ1n) is 5.42. The predicted molar refractivity (Wildman–Crippen MR) is 66.4 cm³/mol. The lowest BCUT2D eigenvalue weighted by Crippen LogP contribution is -2.06. The highest BCUT2D eigenvalue weighted by Crippen LogP contribution is 2.09. The topological polar surface area (TPSA) is 52.9 Å². The first kappa shape index (κ1) is 13.0. The van der Waals surface area contributed by atoms with Crippen LogP contribution in [0.1, 0.15) is 28.8 Å². The third-order valence-corrected chi connectivity index (χ3v) is 2.19. The predicted octanol–water partition coefficient (Wildman–Crippen LogP) is 1.74. The number of hydrogen-bond donors (Lipinski definition) is 1. The van der Waals surface area contributed by atoms with Gasteiger partial charge in [-0.05, 0) is 13.1 Å². The number of Topliss-reactive ketones (excluding diaryl/α,β-unsaturated/α-hetero) is 1. The molecule has 1 rings (SSSR count). The Morgan fingerprint density at radius 3 is 2.88 bits per heavy atom. The molecule has 86 valence electrons. The lowest BCUT2D eigenvalue weighted by Gasteiger charge is -1.99. The van der Waals surface area contributed by atoms with E-state index < -0.39 is 0 Å². The molecule has 0 amide bonds. The Labute approximate surface area is 101 Å². The Morgan fingerprint density at radius 1 is 1.41 bits per heavy atom. The fraction of sp³-hybridized carbons (Fsp3) is 0.286. The molecule has 0 heterocycles. The van der Waals surface area contributed by atoms with Crippen LogP contribution < -0.4 is 5.32 Å². The largest absolute Gasteiger partial charge is 0.319 e. The maximum absolute atomic E-state index is 11.7. The van der Waals surface area contributed by atoms with Gasteiger partial charge in [0, 0.05) is 24.1 Å². The van der Waals surface area contributed by atoms with E-state index in [1.54, 1.807) is 18.2 Å². The zero-order valence-corrected chi connectivity index (χ0v) is 9.79. The van der Waals surface area contributed by atoms with Gasteiger partial charge in [-0.25, -0.2) is 0 Å². The Morgan fingerprint density at radius 2 is 2.18 bits per heavy atom. The summed E-state index contributed by atoms with van der Waals surface area (Å²) in [4.78, 5) is 11.7.